The second-order valence-electron chi connectivity index (χ2n) is 2.31. The van der Waals surface area contributed by atoms with Crippen molar-refractivity contribution in [3.8, 4) is 0 Å². The largest absolute Gasteiger partial charge is 0.399 e. The lowest BCUT2D eigenvalue weighted by atomic mass is 10.2. The van der Waals surface area contributed by atoms with E-state index >= 15 is 0 Å². The molecule has 1 aromatic carbocycles. The molecule has 0 aliphatic heterocycles. The first-order valence-corrected chi connectivity index (χ1v) is 3.40. The van der Waals surface area contributed by atoms with Crippen LogP contribution in [-0.4, -0.2) is 6.29 Å². The van der Waals surface area contributed by atoms with Crippen LogP contribution in [0.4, 0.5) is 10.1 Å². The SMILES string of the molecule is Nc1cc(F)cc(C=CC=O)c1. The number of nitrogens with two attached hydrogens (primary N) is 1. The molecule has 1 aromatic rings. The third-order valence-corrected chi connectivity index (χ3v) is 1.31. The first-order chi connectivity index (χ1) is 5.72. The van der Waals surface area contributed by atoms with E-state index in [2.05, 4.69) is 0 Å². The number of aldehydes is 1. The molecule has 2 N–H and O–H groups in total. The van der Waals surface area contributed by atoms with Gasteiger partial charge in [-0.1, -0.05) is 6.08 Å². The summed E-state index contributed by atoms with van der Waals surface area (Å²) in [5.74, 6) is -0.402. The van der Waals surface area contributed by atoms with Crippen LogP contribution in [0.5, 0.6) is 0 Å². The molecule has 0 heterocycles. The third kappa shape index (κ3) is 2.20. The quantitative estimate of drug-likeness (QED) is 0.411. The second kappa shape index (κ2) is 3.67. The minimum Gasteiger partial charge on any atom is -0.399 e. The van der Waals surface area contributed by atoms with Crippen molar-refractivity contribution in [3.05, 3.63) is 35.7 Å². The van der Waals surface area contributed by atoms with Crippen LogP contribution in [0.1, 0.15) is 5.56 Å². The van der Waals surface area contributed by atoms with Gasteiger partial charge in [0.1, 0.15) is 12.1 Å². The van der Waals surface area contributed by atoms with Gasteiger partial charge < -0.3 is 5.73 Å². The Balaban J connectivity index is 3.00. The topological polar surface area (TPSA) is 43.1 Å². The number of benzene rings is 1. The van der Waals surface area contributed by atoms with E-state index < -0.39 is 5.82 Å². The number of allylic oxidation sites excluding steroid dienone is 1. The van der Waals surface area contributed by atoms with E-state index in [-0.39, 0.29) is 0 Å². The van der Waals surface area contributed by atoms with E-state index in [0.29, 0.717) is 17.5 Å². The first kappa shape index (κ1) is 8.46. The molecular weight excluding hydrogens is 157 g/mol. The molecule has 0 aromatic heterocycles. The Labute approximate surface area is 69.5 Å². The van der Waals surface area contributed by atoms with Gasteiger partial charge in [0.25, 0.3) is 0 Å². The van der Waals surface area contributed by atoms with Crippen LogP contribution in [0.3, 0.4) is 0 Å². The number of anilines is 1. The Morgan fingerprint density at radius 3 is 2.67 bits per heavy atom. The molecule has 2 nitrogen and oxygen atoms in total. The number of carbonyl (C=O) groups excluding carboxylic acids is 1. The number of nitrogen functional groups attached to an aromatic ring is 1. The Hall–Kier alpha value is -1.64. The van der Waals surface area contributed by atoms with Gasteiger partial charge in [-0.25, -0.2) is 4.39 Å². The molecule has 3 heteroatoms. The van der Waals surface area contributed by atoms with Gasteiger partial charge in [-0.15, -0.1) is 0 Å². The Morgan fingerprint density at radius 1 is 1.33 bits per heavy atom. The average Bonchev–Trinajstić information content (AvgIpc) is 1.99. The second-order valence-corrected chi connectivity index (χ2v) is 2.31. The Kier molecular flexibility index (Phi) is 2.58. The van der Waals surface area contributed by atoms with Crippen LogP contribution in [0.15, 0.2) is 24.3 Å². The van der Waals surface area contributed by atoms with Gasteiger partial charge in [0.2, 0.25) is 0 Å². The van der Waals surface area contributed by atoms with Crippen LogP contribution in [-0.2, 0) is 4.79 Å². The zero-order chi connectivity index (χ0) is 8.97. The summed E-state index contributed by atoms with van der Waals surface area (Å²) < 4.78 is 12.7. The van der Waals surface area contributed by atoms with Crippen LogP contribution < -0.4 is 5.73 Å². The van der Waals surface area contributed by atoms with Crippen molar-refractivity contribution in [3.63, 3.8) is 0 Å². The van der Waals surface area contributed by atoms with E-state index in [0.717, 1.165) is 0 Å². The fourth-order valence-electron chi connectivity index (χ4n) is 0.883. The van der Waals surface area contributed by atoms with Gasteiger partial charge in [-0.3, -0.25) is 4.79 Å². The fourth-order valence-corrected chi connectivity index (χ4v) is 0.883. The highest BCUT2D eigenvalue weighted by Crippen LogP contribution is 2.11. The highest BCUT2D eigenvalue weighted by molar-refractivity contribution is 5.74. The molecule has 0 unspecified atom stereocenters. The summed E-state index contributed by atoms with van der Waals surface area (Å²) >= 11 is 0. The smallest absolute Gasteiger partial charge is 0.142 e. The van der Waals surface area contributed by atoms with Crippen molar-refractivity contribution in [2.45, 2.75) is 0 Å². The van der Waals surface area contributed by atoms with Gasteiger partial charge >= 0.3 is 0 Å². The monoisotopic (exact) mass is 165 g/mol. The van der Waals surface area contributed by atoms with Crippen LogP contribution in [0.25, 0.3) is 6.08 Å². The van der Waals surface area contributed by atoms with Gasteiger partial charge in [0.15, 0.2) is 0 Å². The maximum absolute atomic E-state index is 12.7. The van der Waals surface area contributed by atoms with Crippen molar-refractivity contribution in [1.82, 2.24) is 0 Å². The summed E-state index contributed by atoms with van der Waals surface area (Å²) in [6.45, 7) is 0. The summed E-state index contributed by atoms with van der Waals surface area (Å²) in [6, 6.07) is 4.11. The van der Waals surface area contributed by atoms with Gasteiger partial charge in [0, 0.05) is 5.69 Å². The van der Waals surface area contributed by atoms with E-state index in [9.17, 15) is 9.18 Å². The summed E-state index contributed by atoms with van der Waals surface area (Å²) in [5.41, 5.74) is 6.30. The Bertz CT molecular complexity index is 300. The van der Waals surface area contributed by atoms with E-state index in [1.54, 1.807) is 6.07 Å². The zero-order valence-corrected chi connectivity index (χ0v) is 6.33. The lowest BCUT2D eigenvalue weighted by Gasteiger charge is -1.96. The minimum atomic E-state index is -0.402. The molecule has 0 radical (unpaired) electrons. The van der Waals surface area contributed by atoms with Crippen molar-refractivity contribution in [2.24, 2.45) is 0 Å². The fraction of sp³-hybridized carbons (Fsp3) is 0. The van der Waals surface area contributed by atoms with Crippen LogP contribution in [0.2, 0.25) is 0 Å². The maximum Gasteiger partial charge on any atom is 0.142 e. The molecule has 0 amide bonds. The number of hydrogen-bond acceptors (Lipinski definition) is 2. The number of hydrogen-bond donors (Lipinski definition) is 1. The Morgan fingerprint density at radius 2 is 2.08 bits per heavy atom. The lowest BCUT2D eigenvalue weighted by Crippen LogP contribution is -1.87. The van der Waals surface area contributed by atoms with Gasteiger partial charge in [-0.2, -0.15) is 0 Å². The standard InChI is InChI=1S/C9H8FNO/c10-8-4-7(2-1-3-12)5-9(11)6-8/h1-6H,11H2. The molecule has 12 heavy (non-hydrogen) atoms. The maximum atomic E-state index is 12.7. The summed E-state index contributed by atoms with van der Waals surface area (Å²) in [4.78, 5) is 9.94. The van der Waals surface area contributed by atoms with E-state index in [1.165, 1.54) is 24.3 Å². The normalized spacial score (nSPS) is 10.4. The van der Waals surface area contributed by atoms with Crippen molar-refractivity contribution in [2.75, 3.05) is 5.73 Å². The predicted octanol–water partition coefficient (Wildman–Crippen LogP) is 1.62. The summed E-state index contributed by atoms with van der Waals surface area (Å²) in [6.07, 6.45) is 3.40. The number of carbonyl (C=O) groups is 1. The molecule has 0 aliphatic rings. The molecule has 0 fully saturated rings. The van der Waals surface area contributed by atoms with Crippen molar-refractivity contribution in [1.29, 1.82) is 0 Å². The van der Waals surface area contributed by atoms with Crippen molar-refractivity contribution < 1.29 is 9.18 Å². The summed E-state index contributed by atoms with van der Waals surface area (Å²) in [7, 11) is 0. The highest BCUT2D eigenvalue weighted by Gasteiger charge is 1.93. The van der Waals surface area contributed by atoms with E-state index in [1.807, 2.05) is 0 Å². The molecule has 0 aliphatic carbocycles. The van der Waals surface area contributed by atoms with Gasteiger partial charge in [-0.05, 0) is 29.8 Å². The molecule has 0 saturated carbocycles. The first-order valence-electron chi connectivity index (χ1n) is 3.40. The van der Waals surface area contributed by atoms with Crippen LogP contribution >= 0.6 is 0 Å². The zero-order valence-electron chi connectivity index (χ0n) is 6.33. The van der Waals surface area contributed by atoms with Crippen molar-refractivity contribution >= 4 is 18.0 Å². The number of rotatable bonds is 2. The molecule has 0 saturated heterocycles. The molecule has 0 bridgehead atoms. The molecule has 0 atom stereocenters. The van der Waals surface area contributed by atoms with Crippen LogP contribution in [0, 0.1) is 5.82 Å². The summed E-state index contributed by atoms with van der Waals surface area (Å²) in [5, 5.41) is 0. The third-order valence-electron chi connectivity index (χ3n) is 1.31. The molecule has 62 valence electrons. The number of halogens is 1. The lowest BCUT2D eigenvalue weighted by molar-refractivity contribution is -0.104. The minimum absolute atomic E-state index is 0.348. The van der Waals surface area contributed by atoms with Gasteiger partial charge in [0.05, 0.1) is 0 Å². The molecular formula is C9H8FNO. The molecule has 0 spiro atoms. The predicted molar refractivity (Wildman–Crippen MR) is 45.9 cm³/mol. The van der Waals surface area contributed by atoms with E-state index in [4.69, 9.17) is 5.73 Å². The highest BCUT2D eigenvalue weighted by atomic mass is 19.1. The molecule has 1 rings (SSSR count). The average molecular weight is 165 g/mol.